The molecule has 1 N–H and O–H groups in total. The number of benzene rings is 2. The van der Waals surface area contributed by atoms with Crippen LogP contribution < -0.4 is 14.8 Å². The topological polar surface area (TPSA) is 46.9 Å². The van der Waals surface area contributed by atoms with Gasteiger partial charge in [0.2, 0.25) is 0 Å². The van der Waals surface area contributed by atoms with Crippen molar-refractivity contribution in [2.24, 2.45) is 0 Å². The number of ether oxygens (including phenoxy) is 2. The number of hydrogen-bond acceptors (Lipinski definition) is 5. The summed E-state index contributed by atoms with van der Waals surface area (Å²) in [6.45, 7) is 7.13. The van der Waals surface area contributed by atoms with Gasteiger partial charge < -0.3 is 19.2 Å². The van der Waals surface area contributed by atoms with Crippen LogP contribution in [-0.2, 0) is 6.61 Å². The number of nitrogens with zero attached hydrogens (tertiary/aromatic N) is 1. The van der Waals surface area contributed by atoms with Gasteiger partial charge in [0.25, 0.3) is 0 Å². The van der Waals surface area contributed by atoms with Crippen molar-refractivity contribution in [2.75, 3.05) is 32.8 Å². The summed E-state index contributed by atoms with van der Waals surface area (Å²) in [6, 6.07) is 20.5. The molecule has 0 bridgehead atoms. The van der Waals surface area contributed by atoms with Crippen LogP contribution in [0.4, 0.5) is 0 Å². The van der Waals surface area contributed by atoms with E-state index in [0.29, 0.717) is 13.2 Å². The first-order valence-corrected chi connectivity index (χ1v) is 10.8. The van der Waals surface area contributed by atoms with Crippen molar-refractivity contribution in [1.82, 2.24) is 10.2 Å². The van der Waals surface area contributed by atoms with E-state index in [2.05, 4.69) is 40.5 Å². The maximum absolute atomic E-state index is 6.09. The van der Waals surface area contributed by atoms with Gasteiger partial charge in [-0.05, 0) is 55.3 Å². The fourth-order valence-corrected chi connectivity index (χ4v) is 3.94. The highest BCUT2D eigenvalue weighted by molar-refractivity contribution is 5.45. The second-order valence-corrected chi connectivity index (χ2v) is 7.47. The molecule has 5 nitrogen and oxygen atoms in total. The number of hydrogen-bond donors (Lipinski definition) is 1. The van der Waals surface area contributed by atoms with E-state index in [0.717, 1.165) is 61.0 Å². The minimum Gasteiger partial charge on any atom is -0.490 e. The second kappa shape index (κ2) is 10.3. The molecule has 1 aliphatic rings. The Morgan fingerprint density at radius 2 is 1.87 bits per heavy atom. The molecule has 1 saturated heterocycles. The van der Waals surface area contributed by atoms with E-state index >= 15 is 0 Å². The molecule has 1 fully saturated rings. The van der Waals surface area contributed by atoms with Crippen molar-refractivity contribution in [3.8, 4) is 11.5 Å². The van der Waals surface area contributed by atoms with Crippen LogP contribution in [0.15, 0.2) is 71.3 Å². The zero-order valence-corrected chi connectivity index (χ0v) is 17.5. The van der Waals surface area contributed by atoms with Crippen LogP contribution in [0.25, 0.3) is 0 Å². The summed E-state index contributed by atoms with van der Waals surface area (Å²) in [5, 5.41) is 3.48. The lowest BCUT2D eigenvalue weighted by atomic mass is 10.0. The van der Waals surface area contributed by atoms with E-state index in [-0.39, 0.29) is 6.04 Å². The normalized spacial score (nSPS) is 16.0. The molecule has 0 spiro atoms. The molecular weight excluding hydrogens is 376 g/mol. The largest absolute Gasteiger partial charge is 0.490 e. The average Bonchev–Trinajstić information content (AvgIpc) is 3.17. The summed E-state index contributed by atoms with van der Waals surface area (Å²) in [4.78, 5) is 2.48. The van der Waals surface area contributed by atoms with Gasteiger partial charge in [0.15, 0.2) is 11.5 Å². The van der Waals surface area contributed by atoms with Crippen LogP contribution in [0.5, 0.6) is 11.5 Å². The fourth-order valence-electron chi connectivity index (χ4n) is 3.94. The Morgan fingerprint density at radius 1 is 0.967 bits per heavy atom. The van der Waals surface area contributed by atoms with Crippen LogP contribution in [0, 0.1) is 0 Å². The molecule has 1 unspecified atom stereocenters. The van der Waals surface area contributed by atoms with Gasteiger partial charge in [-0.1, -0.05) is 36.4 Å². The van der Waals surface area contributed by atoms with Crippen molar-refractivity contribution in [3.63, 3.8) is 0 Å². The van der Waals surface area contributed by atoms with Gasteiger partial charge in [0.05, 0.1) is 18.9 Å². The highest BCUT2D eigenvalue weighted by Gasteiger charge is 2.26. The zero-order chi connectivity index (χ0) is 20.6. The molecule has 2 aromatic carbocycles. The Kier molecular flexibility index (Phi) is 7.06. The van der Waals surface area contributed by atoms with Crippen LogP contribution in [0.2, 0.25) is 0 Å². The Hall–Kier alpha value is -2.76. The Balaban J connectivity index is 1.61. The molecule has 1 aromatic heterocycles. The number of rotatable bonds is 8. The van der Waals surface area contributed by atoms with Gasteiger partial charge in [-0.25, -0.2) is 0 Å². The smallest absolute Gasteiger partial charge is 0.161 e. The third-order valence-electron chi connectivity index (χ3n) is 5.37. The molecule has 0 aliphatic carbocycles. The molecule has 30 heavy (non-hydrogen) atoms. The van der Waals surface area contributed by atoms with Gasteiger partial charge in [0.1, 0.15) is 12.4 Å². The standard InChI is InChI=1S/C25H30N2O3/c1-2-28-24-18-21(11-12-22(24)30-19-20-8-4-3-5-9-20)25(23-10-6-17-29-23)27-15-7-13-26-14-16-27/h3-6,8-12,17-18,25-26H,2,7,13-16,19H2,1H3. The van der Waals surface area contributed by atoms with Crippen LogP contribution >= 0.6 is 0 Å². The summed E-state index contributed by atoms with van der Waals surface area (Å²) in [5.41, 5.74) is 2.29. The predicted octanol–water partition coefficient (Wildman–Crippen LogP) is 4.64. The number of nitrogens with one attached hydrogen (secondary N) is 1. The molecule has 158 valence electrons. The third-order valence-corrected chi connectivity index (χ3v) is 5.37. The van der Waals surface area contributed by atoms with E-state index in [1.165, 1.54) is 0 Å². The van der Waals surface area contributed by atoms with Gasteiger partial charge in [-0.15, -0.1) is 0 Å². The van der Waals surface area contributed by atoms with Crippen LogP contribution in [0.1, 0.15) is 36.3 Å². The van der Waals surface area contributed by atoms with E-state index in [1.807, 2.05) is 37.3 Å². The fraction of sp³-hybridized carbons (Fsp3) is 0.360. The molecule has 2 heterocycles. The first-order chi connectivity index (χ1) is 14.8. The van der Waals surface area contributed by atoms with Gasteiger partial charge >= 0.3 is 0 Å². The van der Waals surface area contributed by atoms with E-state index < -0.39 is 0 Å². The summed E-state index contributed by atoms with van der Waals surface area (Å²) < 4.78 is 17.9. The summed E-state index contributed by atoms with van der Waals surface area (Å²) >= 11 is 0. The average molecular weight is 407 g/mol. The molecule has 0 radical (unpaired) electrons. The van der Waals surface area contributed by atoms with E-state index in [1.54, 1.807) is 6.26 Å². The van der Waals surface area contributed by atoms with Crippen LogP contribution in [-0.4, -0.2) is 37.7 Å². The SMILES string of the molecule is CCOc1cc(C(c2ccco2)N2CCCNCC2)ccc1OCc1ccccc1. The second-order valence-electron chi connectivity index (χ2n) is 7.47. The van der Waals surface area contributed by atoms with Gasteiger partial charge in [0, 0.05) is 19.6 Å². The van der Waals surface area contributed by atoms with Crippen molar-refractivity contribution < 1.29 is 13.9 Å². The molecule has 0 amide bonds. The highest BCUT2D eigenvalue weighted by atomic mass is 16.5. The minimum absolute atomic E-state index is 0.0577. The maximum atomic E-state index is 6.09. The van der Waals surface area contributed by atoms with Gasteiger partial charge in [-0.2, -0.15) is 0 Å². The molecular formula is C25H30N2O3. The minimum atomic E-state index is 0.0577. The lowest BCUT2D eigenvalue weighted by Gasteiger charge is -2.29. The van der Waals surface area contributed by atoms with E-state index in [4.69, 9.17) is 13.9 Å². The lowest BCUT2D eigenvalue weighted by Crippen LogP contribution is -2.32. The number of furan rings is 1. The van der Waals surface area contributed by atoms with Crippen molar-refractivity contribution in [3.05, 3.63) is 83.8 Å². The maximum Gasteiger partial charge on any atom is 0.161 e. The molecule has 1 atom stereocenters. The molecule has 1 aliphatic heterocycles. The molecule has 0 saturated carbocycles. The zero-order valence-electron chi connectivity index (χ0n) is 17.5. The molecule has 5 heteroatoms. The third kappa shape index (κ3) is 5.04. The highest BCUT2D eigenvalue weighted by Crippen LogP contribution is 2.36. The predicted molar refractivity (Wildman–Crippen MR) is 118 cm³/mol. The van der Waals surface area contributed by atoms with E-state index in [9.17, 15) is 0 Å². The lowest BCUT2D eigenvalue weighted by molar-refractivity contribution is 0.214. The first-order valence-electron chi connectivity index (χ1n) is 10.8. The van der Waals surface area contributed by atoms with Crippen molar-refractivity contribution in [1.29, 1.82) is 0 Å². The monoisotopic (exact) mass is 406 g/mol. The quantitative estimate of drug-likeness (QED) is 0.590. The molecule has 3 aromatic rings. The van der Waals surface area contributed by atoms with Crippen molar-refractivity contribution >= 4 is 0 Å². The van der Waals surface area contributed by atoms with Gasteiger partial charge in [-0.3, -0.25) is 4.90 Å². The molecule has 4 rings (SSSR count). The Labute approximate surface area is 178 Å². The Bertz CT molecular complexity index is 888. The summed E-state index contributed by atoms with van der Waals surface area (Å²) in [6.07, 6.45) is 2.87. The summed E-state index contributed by atoms with van der Waals surface area (Å²) in [5.74, 6) is 2.49. The van der Waals surface area contributed by atoms with Crippen molar-refractivity contribution in [2.45, 2.75) is 26.0 Å². The first kappa shape index (κ1) is 20.5. The Morgan fingerprint density at radius 3 is 2.67 bits per heavy atom. The summed E-state index contributed by atoms with van der Waals surface area (Å²) in [7, 11) is 0. The van der Waals surface area contributed by atoms with Crippen LogP contribution in [0.3, 0.4) is 0 Å².